The van der Waals surface area contributed by atoms with E-state index >= 15 is 0 Å². The summed E-state index contributed by atoms with van der Waals surface area (Å²) in [5.74, 6) is 0.894. The first-order valence-electron chi connectivity index (χ1n) is 16.4. The minimum Gasteiger partial charge on any atom is -0.456 e. The van der Waals surface area contributed by atoms with Gasteiger partial charge in [0.25, 0.3) is 0 Å². The molecular formula is C44H31N3O2. The molecule has 0 aliphatic carbocycles. The molecule has 2 N–H and O–H groups in total. The highest BCUT2D eigenvalue weighted by Crippen LogP contribution is 2.36. The van der Waals surface area contributed by atoms with Gasteiger partial charge in [-0.15, -0.1) is 0 Å². The number of nitrogens with two attached hydrogens (primary N) is 1. The number of benzene rings is 7. The zero-order chi connectivity index (χ0) is 32.9. The van der Waals surface area contributed by atoms with Crippen LogP contribution in [-0.4, -0.2) is 11.7 Å². The van der Waals surface area contributed by atoms with Crippen LogP contribution >= 0.6 is 0 Å². The summed E-state index contributed by atoms with van der Waals surface area (Å²) in [6.45, 7) is 2.08. The Bertz CT molecular complexity index is 2750. The molecule has 9 rings (SSSR count). The molecule has 0 spiro atoms. The highest BCUT2D eigenvalue weighted by molar-refractivity contribution is 6.24. The summed E-state index contributed by atoms with van der Waals surface area (Å²) in [6, 6.07) is 51.4. The van der Waals surface area contributed by atoms with Crippen LogP contribution in [0.15, 0.2) is 170 Å². The molecule has 0 fully saturated rings. The number of rotatable bonds is 5. The highest BCUT2D eigenvalue weighted by atomic mass is 16.3. The van der Waals surface area contributed by atoms with E-state index < -0.39 is 0 Å². The van der Waals surface area contributed by atoms with Crippen molar-refractivity contribution in [2.24, 2.45) is 15.7 Å². The van der Waals surface area contributed by atoms with E-state index in [1.54, 1.807) is 0 Å². The summed E-state index contributed by atoms with van der Waals surface area (Å²) in [5.41, 5.74) is 15.1. The molecule has 0 aliphatic rings. The summed E-state index contributed by atoms with van der Waals surface area (Å²) < 4.78 is 12.7. The van der Waals surface area contributed by atoms with E-state index in [0.717, 1.165) is 71.7 Å². The lowest BCUT2D eigenvalue weighted by Crippen LogP contribution is -2.17. The van der Waals surface area contributed by atoms with Crippen molar-refractivity contribution in [3.8, 4) is 11.1 Å². The Morgan fingerprint density at radius 3 is 1.98 bits per heavy atom. The van der Waals surface area contributed by atoms with Gasteiger partial charge < -0.3 is 14.6 Å². The molecule has 49 heavy (non-hydrogen) atoms. The summed E-state index contributed by atoms with van der Waals surface area (Å²) in [7, 11) is 0. The van der Waals surface area contributed by atoms with Gasteiger partial charge in [-0.2, -0.15) is 0 Å². The van der Waals surface area contributed by atoms with Gasteiger partial charge in [-0.3, -0.25) is 4.99 Å². The third-order valence-electron chi connectivity index (χ3n) is 9.32. The second-order valence-electron chi connectivity index (χ2n) is 12.4. The van der Waals surface area contributed by atoms with Crippen molar-refractivity contribution in [3.05, 3.63) is 168 Å². The largest absolute Gasteiger partial charge is 0.456 e. The molecule has 9 aromatic rings. The zero-order valence-electron chi connectivity index (χ0n) is 26.8. The second-order valence-corrected chi connectivity index (χ2v) is 12.4. The van der Waals surface area contributed by atoms with Crippen molar-refractivity contribution in [2.75, 3.05) is 0 Å². The molecule has 7 aromatic carbocycles. The third kappa shape index (κ3) is 5.04. The monoisotopic (exact) mass is 633 g/mol. The third-order valence-corrected chi connectivity index (χ3v) is 9.32. The van der Waals surface area contributed by atoms with Crippen molar-refractivity contribution in [2.45, 2.75) is 13.0 Å². The molecule has 5 nitrogen and oxygen atoms in total. The molecule has 1 unspecified atom stereocenters. The number of para-hydroxylation sites is 1. The number of nitrogens with zero attached hydrogens (tertiary/aromatic N) is 2. The van der Waals surface area contributed by atoms with E-state index in [-0.39, 0.29) is 6.04 Å². The SMILES string of the molecule is CC(N=C(N=C(N)c1cccc2oc3cc(-c4ccc5ccccc5c4)ccc3c12)c1cccc2oc3ccccc3c12)c1ccccc1. The normalized spacial score (nSPS) is 13.2. The van der Waals surface area contributed by atoms with Gasteiger partial charge in [0.2, 0.25) is 0 Å². The Labute approximate surface area is 282 Å². The molecule has 0 radical (unpaired) electrons. The van der Waals surface area contributed by atoms with Crippen LogP contribution in [0.1, 0.15) is 29.7 Å². The summed E-state index contributed by atoms with van der Waals surface area (Å²) >= 11 is 0. The summed E-state index contributed by atoms with van der Waals surface area (Å²) in [5, 5.41) is 6.29. The van der Waals surface area contributed by atoms with Gasteiger partial charge in [0.15, 0.2) is 5.84 Å². The van der Waals surface area contributed by atoms with Crippen molar-refractivity contribution in [3.63, 3.8) is 0 Å². The first kappa shape index (κ1) is 28.7. The van der Waals surface area contributed by atoms with E-state index in [9.17, 15) is 0 Å². The van der Waals surface area contributed by atoms with Crippen LogP contribution in [0, 0.1) is 0 Å². The lowest BCUT2D eigenvalue weighted by atomic mass is 9.99. The molecule has 2 aromatic heterocycles. The van der Waals surface area contributed by atoms with E-state index in [0.29, 0.717) is 11.7 Å². The zero-order valence-corrected chi connectivity index (χ0v) is 26.8. The number of furan rings is 2. The molecular weight excluding hydrogens is 603 g/mol. The molecule has 0 saturated carbocycles. The molecule has 5 heteroatoms. The van der Waals surface area contributed by atoms with E-state index in [4.69, 9.17) is 24.6 Å². The van der Waals surface area contributed by atoms with Gasteiger partial charge in [0, 0.05) is 32.7 Å². The van der Waals surface area contributed by atoms with E-state index in [1.165, 1.54) is 10.8 Å². The van der Waals surface area contributed by atoms with Crippen molar-refractivity contribution < 1.29 is 8.83 Å². The van der Waals surface area contributed by atoms with E-state index in [1.807, 2.05) is 72.8 Å². The fourth-order valence-corrected chi connectivity index (χ4v) is 6.87. The maximum absolute atomic E-state index is 6.97. The predicted octanol–water partition coefficient (Wildman–Crippen LogP) is 11.2. The molecule has 1 atom stereocenters. The number of hydrogen-bond acceptors (Lipinski definition) is 3. The second kappa shape index (κ2) is 11.7. The predicted molar refractivity (Wildman–Crippen MR) is 203 cm³/mol. The fraction of sp³-hybridized carbons (Fsp3) is 0.0455. The lowest BCUT2D eigenvalue weighted by molar-refractivity contribution is 0.668. The van der Waals surface area contributed by atoms with Crippen LogP contribution in [-0.2, 0) is 0 Å². The maximum atomic E-state index is 6.97. The first-order chi connectivity index (χ1) is 24.1. The van der Waals surface area contributed by atoms with Crippen LogP contribution in [0.25, 0.3) is 65.8 Å². The van der Waals surface area contributed by atoms with E-state index in [2.05, 4.69) is 85.8 Å². The van der Waals surface area contributed by atoms with Crippen molar-refractivity contribution in [1.82, 2.24) is 0 Å². The fourth-order valence-electron chi connectivity index (χ4n) is 6.87. The number of amidine groups is 2. The number of hydrogen-bond donors (Lipinski definition) is 1. The Morgan fingerprint density at radius 2 is 1.14 bits per heavy atom. The average Bonchev–Trinajstić information content (AvgIpc) is 3.73. The molecule has 2 heterocycles. The Morgan fingerprint density at radius 1 is 0.531 bits per heavy atom. The van der Waals surface area contributed by atoms with Gasteiger partial charge in [0.05, 0.1) is 6.04 Å². The molecule has 0 amide bonds. The van der Waals surface area contributed by atoms with Gasteiger partial charge >= 0.3 is 0 Å². The van der Waals surface area contributed by atoms with Crippen LogP contribution < -0.4 is 5.73 Å². The minimum atomic E-state index is -0.166. The first-order valence-corrected chi connectivity index (χ1v) is 16.4. The molecule has 0 saturated heterocycles. The summed E-state index contributed by atoms with van der Waals surface area (Å²) in [6.07, 6.45) is 0. The van der Waals surface area contributed by atoms with Crippen molar-refractivity contribution in [1.29, 1.82) is 0 Å². The molecule has 0 bridgehead atoms. The number of aliphatic imine (C=N–C) groups is 2. The smallest absolute Gasteiger partial charge is 0.158 e. The Hall–Kier alpha value is -6.46. The van der Waals surface area contributed by atoms with Gasteiger partial charge in [-0.05, 0) is 70.8 Å². The Balaban J connectivity index is 1.20. The van der Waals surface area contributed by atoms with Gasteiger partial charge in [0.1, 0.15) is 28.2 Å². The van der Waals surface area contributed by atoms with Gasteiger partial charge in [-0.25, -0.2) is 4.99 Å². The molecule has 0 aliphatic heterocycles. The summed E-state index contributed by atoms with van der Waals surface area (Å²) in [4.78, 5) is 10.3. The quantitative estimate of drug-likeness (QED) is 0.151. The van der Waals surface area contributed by atoms with Crippen LogP contribution in [0.4, 0.5) is 0 Å². The van der Waals surface area contributed by atoms with Crippen LogP contribution in [0.2, 0.25) is 0 Å². The van der Waals surface area contributed by atoms with Gasteiger partial charge in [-0.1, -0.05) is 115 Å². The maximum Gasteiger partial charge on any atom is 0.158 e. The van der Waals surface area contributed by atoms with Crippen LogP contribution in [0.5, 0.6) is 0 Å². The highest BCUT2D eigenvalue weighted by Gasteiger charge is 2.19. The topological polar surface area (TPSA) is 77.0 Å². The standard InChI is InChI=1S/C44H31N3O2/c1-27(28-11-3-2-4-12-28)46-44(36-17-10-20-39-42(36)33-15-7-8-18-37(33)48-39)47-43(45)35-16-9-19-38-41(35)34-24-23-32(26-40(34)49-38)31-22-21-29-13-5-6-14-30(29)25-31/h2-27H,1H3,(H2,45,46,47). The minimum absolute atomic E-state index is 0.166. The average molecular weight is 634 g/mol. The molecule has 234 valence electrons. The Kier molecular flexibility index (Phi) is 6.83. The van der Waals surface area contributed by atoms with Crippen molar-refractivity contribution >= 4 is 66.3 Å². The van der Waals surface area contributed by atoms with Crippen LogP contribution in [0.3, 0.4) is 0 Å². The lowest BCUT2D eigenvalue weighted by Gasteiger charge is -2.12. The number of fused-ring (bicyclic) bond motifs is 7.